The smallest absolute Gasteiger partial charge is 0.416 e. The van der Waals surface area contributed by atoms with Gasteiger partial charge in [-0.15, -0.1) is 0 Å². The highest BCUT2D eigenvalue weighted by atomic mass is 16.6. The monoisotopic (exact) mass is 463 g/mol. The van der Waals surface area contributed by atoms with E-state index in [1.807, 2.05) is 68.1 Å². The number of anilines is 1. The molecule has 34 heavy (non-hydrogen) atoms. The van der Waals surface area contributed by atoms with Crippen molar-refractivity contribution in [2.75, 3.05) is 11.4 Å². The maximum Gasteiger partial charge on any atom is 0.416 e. The van der Waals surface area contributed by atoms with Crippen molar-refractivity contribution in [2.45, 2.75) is 89.8 Å². The van der Waals surface area contributed by atoms with Gasteiger partial charge in [-0.3, -0.25) is 9.69 Å². The lowest BCUT2D eigenvalue weighted by molar-refractivity contribution is 0.0555. The number of ether oxygens (including phenoxy) is 1. The molecule has 2 heterocycles. The van der Waals surface area contributed by atoms with Gasteiger partial charge in [-0.05, 0) is 71.1 Å². The number of nitrogens with zero attached hydrogens (tertiary/aromatic N) is 3. The van der Waals surface area contributed by atoms with Crippen molar-refractivity contribution >= 4 is 17.8 Å². The summed E-state index contributed by atoms with van der Waals surface area (Å²) >= 11 is 0. The van der Waals surface area contributed by atoms with E-state index in [2.05, 4.69) is 0 Å². The molecule has 2 amide bonds. The molecule has 2 aromatic rings. The first-order chi connectivity index (χ1) is 16.3. The van der Waals surface area contributed by atoms with Crippen LogP contribution in [0.2, 0.25) is 0 Å². The third-order valence-corrected chi connectivity index (χ3v) is 6.72. The number of hydrogen-bond donors (Lipinski definition) is 0. The molecule has 0 N–H and O–H groups in total. The Morgan fingerprint density at radius 1 is 0.941 bits per heavy atom. The second-order valence-corrected chi connectivity index (χ2v) is 10.4. The average molecular weight is 464 g/mol. The van der Waals surface area contributed by atoms with E-state index >= 15 is 0 Å². The van der Waals surface area contributed by atoms with Crippen LogP contribution in [-0.4, -0.2) is 40.1 Å². The van der Waals surface area contributed by atoms with Crippen LogP contribution in [0.1, 0.15) is 94.1 Å². The zero-order valence-electron chi connectivity index (χ0n) is 20.7. The van der Waals surface area contributed by atoms with Crippen LogP contribution in [0.4, 0.5) is 10.6 Å². The van der Waals surface area contributed by atoms with Gasteiger partial charge < -0.3 is 9.64 Å². The van der Waals surface area contributed by atoms with E-state index in [0.717, 1.165) is 50.5 Å². The summed E-state index contributed by atoms with van der Waals surface area (Å²) in [6.07, 6.45) is 9.50. The number of benzene rings is 1. The van der Waals surface area contributed by atoms with Crippen LogP contribution in [0.25, 0.3) is 0 Å². The Morgan fingerprint density at radius 3 is 2.35 bits per heavy atom. The molecular formula is C28H37N3O3. The topological polar surface area (TPSA) is 62.7 Å². The van der Waals surface area contributed by atoms with Crippen LogP contribution < -0.4 is 4.90 Å². The van der Waals surface area contributed by atoms with Gasteiger partial charge in [0.2, 0.25) is 0 Å². The Hall–Kier alpha value is -2.89. The van der Waals surface area contributed by atoms with Crippen molar-refractivity contribution in [3.8, 4) is 0 Å². The van der Waals surface area contributed by atoms with Crippen LogP contribution >= 0.6 is 0 Å². The number of piperidine rings is 1. The molecule has 4 rings (SSSR count). The summed E-state index contributed by atoms with van der Waals surface area (Å²) in [5.74, 6) is 0.669. The van der Waals surface area contributed by atoms with Crippen LogP contribution in [0.3, 0.4) is 0 Å². The Kier molecular flexibility index (Phi) is 7.54. The summed E-state index contributed by atoms with van der Waals surface area (Å²) < 4.78 is 5.86. The number of carbonyl (C=O) groups is 2. The maximum absolute atomic E-state index is 13.5. The molecule has 6 nitrogen and oxygen atoms in total. The lowest BCUT2D eigenvalue weighted by atomic mass is 9.92. The maximum atomic E-state index is 13.5. The number of aromatic nitrogens is 1. The Bertz CT molecular complexity index is 980. The molecule has 1 saturated carbocycles. The molecule has 1 saturated heterocycles. The van der Waals surface area contributed by atoms with Crippen molar-refractivity contribution < 1.29 is 14.3 Å². The van der Waals surface area contributed by atoms with Gasteiger partial charge in [-0.25, -0.2) is 9.78 Å². The molecule has 1 aliphatic heterocycles. The first-order valence-electron chi connectivity index (χ1n) is 12.7. The van der Waals surface area contributed by atoms with E-state index in [1.54, 1.807) is 11.1 Å². The number of carbonyl (C=O) groups excluding carboxylic acids is 2. The van der Waals surface area contributed by atoms with Crippen LogP contribution in [-0.2, 0) is 4.74 Å². The minimum atomic E-state index is -0.598. The lowest BCUT2D eigenvalue weighted by Gasteiger charge is -2.40. The quantitative estimate of drug-likeness (QED) is 0.518. The third-order valence-electron chi connectivity index (χ3n) is 6.72. The molecule has 0 radical (unpaired) electrons. The normalized spacial score (nSPS) is 19.5. The summed E-state index contributed by atoms with van der Waals surface area (Å²) in [6.45, 7) is 6.38. The van der Waals surface area contributed by atoms with Crippen LogP contribution in [0, 0.1) is 0 Å². The lowest BCUT2D eigenvalue weighted by Crippen LogP contribution is -2.46. The van der Waals surface area contributed by atoms with Gasteiger partial charge in [0.15, 0.2) is 0 Å². The van der Waals surface area contributed by atoms with Gasteiger partial charge >= 0.3 is 6.09 Å². The zero-order valence-corrected chi connectivity index (χ0v) is 20.7. The first-order valence-corrected chi connectivity index (χ1v) is 12.7. The molecular weight excluding hydrogens is 426 g/mol. The van der Waals surface area contributed by atoms with E-state index in [4.69, 9.17) is 9.72 Å². The van der Waals surface area contributed by atoms with Crippen molar-refractivity contribution in [3.05, 3.63) is 59.8 Å². The molecule has 1 aromatic heterocycles. The van der Waals surface area contributed by atoms with E-state index in [9.17, 15) is 9.59 Å². The fraction of sp³-hybridized carbons (Fsp3) is 0.536. The molecule has 0 spiro atoms. The van der Waals surface area contributed by atoms with Gasteiger partial charge in [-0.2, -0.15) is 0 Å². The second kappa shape index (κ2) is 10.6. The number of pyridine rings is 1. The fourth-order valence-corrected chi connectivity index (χ4v) is 5.17. The van der Waals surface area contributed by atoms with Gasteiger partial charge in [0.05, 0.1) is 6.04 Å². The van der Waals surface area contributed by atoms with Crippen molar-refractivity contribution in [2.24, 2.45) is 0 Å². The van der Waals surface area contributed by atoms with E-state index in [-0.39, 0.29) is 24.1 Å². The highest BCUT2D eigenvalue weighted by molar-refractivity contribution is 5.95. The predicted octanol–water partition coefficient (Wildman–Crippen LogP) is 6.52. The molecule has 1 aliphatic carbocycles. The largest absolute Gasteiger partial charge is 0.443 e. The summed E-state index contributed by atoms with van der Waals surface area (Å²) in [5, 5.41) is 0. The Balaban J connectivity index is 1.72. The SMILES string of the molecule is CC(C)(C)OC(=O)N(c1ncccc1C1CCCCN1C(=O)c1ccccc1)C1CCCCC1. The zero-order chi connectivity index (χ0) is 24.1. The molecule has 1 aromatic carbocycles. The molecule has 1 unspecified atom stereocenters. The standard InChI is InChI=1S/C28H37N3O3/c1-28(2,3)34-27(33)31(22-15-8-5-9-16-22)25-23(17-12-19-29-25)24-18-10-11-20-30(24)26(32)21-13-6-4-7-14-21/h4,6-7,12-14,17,19,22,24H,5,8-11,15-16,18,20H2,1-3H3. The minimum Gasteiger partial charge on any atom is -0.443 e. The highest BCUT2D eigenvalue weighted by Crippen LogP contribution is 2.38. The molecule has 182 valence electrons. The van der Waals surface area contributed by atoms with E-state index in [0.29, 0.717) is 17.9 Å². The predicted molar refractivity (Wildman–Crippen MR) is 134 cm³/mol. The molecule has 6 heteroatoms. The molecule has 2 aliphatic rings. The molecule has 1 atom stereocenters. The number of amides is 2. The van der Waals surface area contributed by atoms with Crippen molar-refractivity contribution in [1.82, 2.24) is 9.88 Å². The Labute approximate surface area is 203 Å². The summed E-state index contributed by atoms with van der Waals surface area (Å²) in [5.41, 5.74) is 1.03. The van der Waals surface area contributed by atoms with E-state index in [1.165, 1.54) is 6.42 Å². The van der Waals surface area contributed by atoms with E-state index < -0.39 is 5.60 Å². The highest BCUT2D eigenvalue weighted by Gasteiger charge is 2.37. The van der Waals surface area contributed by atoms with Crippen molar-refractivity contribution in [1.29, 1.82) is 0 Å². The van der Waals surface area contributed by atoms with Crippen LogP contribution in [0.15, 0.2) is 48.7 Å². The fourth-order valence-electron chi connectivity index (χ4n) is 5.17. The summed E-state index contributed by atoms with van der Waals surface area (Å²) in [4.78, 5) is 35.5. The van der Waals surface area contributed by atoms with Gasteiger partial charge in [-0.1, -0.05) is 43.5 Å². The molecule has 2 fully saturated rings. The number of likely N-dealkylation sites (tertiary alicyclic amines) is 1. The second-order valence-electron chi connectivity index (χ2n) is 10.4. The number of rotatable bonds is 4. The number of hydrogen-bond acceptors (Lipinski definition) is 4. The van der Waals surface area contributed by atoms with Gasteiger partial charge in [0, 0.05) is 29.9 Å². The molecule has 0 bridgehead atoms. The van der Waals surface area contributed by atoms with Gasteiger partial charge in [0.1, 0.15) is 11.4 Å². The first kappa shape index (κ1) is 24.2. The van der Waals surface area contributed by atoms with Gasteiger partial charge in [0.25, 0.3) is 5.91 Å². The average Bonchev–Trinajstić information content (AvgIpc) is 2.84. The summed E-state index contributed by atoms with van der Waals surface area (Å²) in [6, 6.07) is 13.3. The van der Waals surface area contributed by atoms with Crippen LogP contribution in [0.5, 0.6) is 0 Å². The Morgan fingerprint density at radius 2 is 1.65 bits per heavy atom. The van der Waals surface area contributed by atoms with Crippen molar-refractivity contribution in [3.63, 3.8) is 0 Å². The minimum absolute atomic E-state index is 0.0292. The summed E-state index contributed by atoms with van der Waals surface area (Å²) in [7, 11) is 0. The third kappa shape index (κ3) is 5.60.